The fourth-order valence-electron chi connectivity index (χ4n) is 4.67. The van der Waals surface area contributed by atoms with Crippen LogP contribution in [0.1, 0.15) is 52.4 Å². The number of carbonyl (C=O) groups is 3. The van der Waals surface area contributed by atoms with Crippen molar-refractivity contribution in [1.82, 2.24) is 4.90 Å². The Bertz CT molecular complexity index is 1400. The second-order valence-corrected chi connectivity index (χ2v) is 11.1. The Balaban J connectivity index is 1.77. The number of anilines is 1. The molecule has 0 bridgehead atoms. The number of nitrogens with zero attached hydrogens (tertiary/aromatic N) is 2. The van der Waals surface area contributed by atoms with Crippen molar-refractivity contribution >= 4 is 57.7 Å². The first-order valence-corrected chi connectivity index (χ1v) is 14.0. The van der Waals surface area contributed by atoms with E-state index in [1.54, 1.807) is 30.3 Å². The highest BCUT2D eigenvalue weighted by atomic mass is 127. The Morgan fingerprint density at radius 1 is 0.950 bits per heavy atom. The van der Waals surface area contributed by atoms with Gasteiger partial charge in [0.05, 0.1) is 16.8 Å². The van der Waals surface area contributed by atoms with Crippen LogP contribution in [0.5, 0.6) is 0 Å². The summed E-state index contributed by atoms with van der Waals surface area (Å²) in [6, 6.07) is 15.3. The minimum absolute atomic E-state index is 0.0734. The lowest BCUT2D eigenvalue weighted by Crippen LogP contribution is -2.43. The summed E-state index contributed by atoms with van der Waals surface area (Å²) < 4.78 is 40.7. The van der Waals surface area contributed by atoms with Crippen molar-refractivity contribution in [2.45, 2.75) is 37.9 Å². The number of rotatable bonds is 9. The Morgan fingerprint density at radius 3 is 2.25 bits per heavy atom. The summed E-state index contributed by atoms with van der Waals surface area (Å²) >= 11 is 8.07. The molecule has 0 saturated heterocycles. The molecule has 3 aromatic rings. The number of carboxylic acid groups (broad SMARTS) is 1. The highest BCUT2D eigenvalue weighted by Crippen LogP contribution is 2.37. The van der Waals surface area contributed by atoms with Gasteiger partial charge in [-0.1, -0.05) is 35.9 Å². The standard InChI is InChI=1S/C29H25ClF3IN2O4/c30-21-10-4-18(5-11-21)14-16-36-26(19-6-8-20(9-7-19)29(31,32)33)28(40)35(15-2-1-3-25(37)38)24-13-12-22(34)17-23(24)27(36)39/h4-13,17,26H,1-3,14-16H2,(H,37,38)/t26-/m0/s1. The van der Waals surface area contributed by atoms with Crippen LogP contribution in [0.15, 0.2) is 66.7 Å². The molecule has 11 heteroatoms. The van der Waals surface area contributed by atoms with Gasteiger partial charge in [-0.05, 0) is 95.4 Å². The van der Waals surface area contributed by atoms with E-state index >= 15 is 0 Å². The van der Waals surface area contributed by atoms with E-state index in [1.165, 1.54) is 21.9 Å². The molecule has 6 nitrogen and oxygen atoms in total. The van der Waals surface area contributed by atoms with Gasteiger partial charge < -0.3 is 14.9 Å². The second kappa shape index (κ2) is 12.6. The molecule has 1 heterocycles. The first-order chi connectivity index (χ1) is 19.0. The number of alkyl halides is 3. The van der Waals surface area contributed by atoms with E-state index in [1.807, 2.05) is 12.1 Å². The lowest BCUT2D eigenvalue weighted by molar-refractivity contribution is -0.138. The predicted molar refractivity (Wildman–Crippen MR) is 153 cm³/mol. The number of hydrogen-bond donors (Lipinski definition) is 1. The van der Waals surface area contributed by atoms with E-state index in [0.717, 1.165) is 21.3 Å². The molecule has 1 aliphatic rings. The summed E-state index contributed by atoms with van der Waals surface area (Å²) in [7, 11) is 0. The minimum Gasteiger partial charge on any atom is -0.481 e. The molecular weight excluding hydrogens is 660 g/mol. The van der Waals surface area contributed by atoms with Crippen molar-refractivity contribution in [3.8, 4) is 0 Å². The van der Waals surface area contributed by atoms with Gasteiger partial charge in [-0.2, -0.15) is 13.2 Å². The number of hydrogen-bond acceptors (Lipinski definition) is 3. The van der Waals surface area contributed by atoms with E-state index in [-0.39, 0.29) is 25.1 Å². The van der Waals surface area contributed by atoms with E-state index in [2.05, 4.69) is 22.6 Å². The first-order valence-electron chi connectivity index (χ1n) is 12.5. The Hall–Kier alpha value is -3.12. The molecule has 0 aromatic heterocycles. The normalized spacial score (nSPS) is 15.7. The monoisotopic (exact) mass is 684 g/mol. The number of amides is 2. The number of carboxylic acids is 1. The Kier molecular flexibility index (Phi) is 9.40. The molecule has 2 amide bonds. The third kappa shape index (κ3) is 6.95. The van der Waals surface area contributed by atoms with Crippen LogP contribution in [0.25, 0.3) is 0 Å². The zero-order chi connectivity index (χ0) is 29.0. The maximum absolute atomic E-state index is 14.2. The summed E-state index contributed by atoms with van der Waals surface area (Å²) in [6.07, 6.45) is -3.57. The van der Waals surface area contributed by atoms with E-state index in [9.17, 15) is 27.6 Å². The van der Waals surface area contributed by atoms with Gasteiger partial charge in [0.1, 0.15) is 6.04 Å². The highest BCUT2D eigenvalue weighted by molar-refractivity contribution is 14.1. The molecule has 1 aliphatic heterocycles. The van der Waals surface area contributed by atoms with Crippen LogP contribution in [0.4, 0.5) is 18.9 Å². The van der Waals surface area contributed by atoms with Gasteiger partial charge in [0.25, 0.3) is 11.8 Å². The molecule has 1 atom stereocenters. The number of unbranched alkanes of at least 4 members (excludes halogenated alkanes) is 1. The number of benzene rings is 3. The summed E-state index contributed by atoms with van der Waals surface area (Å²) in [4.78, 5) is 42.1. The highest BCUT2D eigenvalue weighted by Gasteiger charge is 2.41. The van der Waals surface area contributed by atoms with Crippen LogP contribution in [0, 0.1) is 3.57 Å². The summed E-state index contributed by atoms with van der Waals surface area (Å²) in [5.41, 5.74) is 0.939. The smallest absolute Gasteiger partial charge is 0.416 e. The van der Waals surface area contributed by atoms with Crippen molar-refractivity contribution in [2.24, 2.45) is 0 Å². The Morgan fingerprint density at radius 2 is 1.62 bits per heavy atom. The third-order valence-electron chi connectivity index (χ3n) is 6.68. The lowest BCUT2D eigenvalue weighted by atomic mass is 10.0. The maximum Gasteiger partial charge on any atom is 0.416 e. The number of carbonyl (C=O) groups excluding carboxylic acids is 2. The van der Waals surface area contributed by atoms with Crippen molar-refractivity contribution in [2.75, 3.05) is 18.0 Å². The molecule has 0 aliphatic carbocycles. The average molecular weight is 685 g/mol. The molecule has 40 heavy (non-hydrogen) atoms. The zero-order valence-electron chi connectivity index (χ0n) is 21.1. The van der Waals surface area contributed by atoms with Gasteiger partial charge in [0.15, 0.2) is 0 Å². The van der Waals surface area contributed by atoms with Gasteiger partial charge >= 0.3 is 12.1 Å². The van der Waals surface area contributed by atoms with Crippen LogP contribution in [-0.4, -0.2) is 40.9 Å². The van der Waals surface area contributed by atoms with Gasteiger partial charge in [-0.3, -0.25) is 14.4 Å². The Labute approximate surface area is 247 Å². The summed E-state index contributed by atoms with van der Waals surface area (Å²) in [6.45, 7) is 0.269. The van der Waals surface area contributed by atoms with Crippen LogP contribution >= 0.6 is 34.2 Å². The van der Waals surface area contributed by atoms with Crippen LogP contribution in [0.2, 0.25) is 5.02 Å². The zero-order valence-corrected chi connectivity index (χ0v) is 24.0. The largest absolute Gasteiger partial charge is 0.481 e. The predicted octanol–water partition coefficient (Wildman–Crippen LogP) is 6.99. The van der Waals surface area contributed by atoms with Gasteiger partial charge in [0.2, 0.25) is 0 Å². The first kappa shape index (κ1) is 29.9. The van der Waals surface area contributed by atoms with Crippen molar-refractivity contribution in [3.05, 3.63) is 97.6 Å². The average Bonchev–Trinajstić information content (AvgIpc) is 2.98. The molecule has 0 spiro atoms. The van der Waals surface area contributed by atoms with Crippen LogP contribution < -0.4 is 4.90 Å². The van der Waals surface area contributed by atoms with Crippen molar-refractivity contribution in [1.29, 1.82) is 0 Å². The summed E-state index contributed by atoms with van der Waals surface area (Å²) in [5.74, 6) is -1.85. The van der Waals surface area contributed by atoms with E-state index < -0.39 is 35.6 Å². The topological polar surface area (TPSA) is 77.9 Å². The number of halogens is 5. The molecule has 210 valence electrons. The maximum atomic E-state index is 14.2. The fourth-order valence-corrected chi connectivity index (χ4v) is 5.29. The molecular formula is C29H25ClF3IN2O4. The van der Waals surface area contributed by atoms with Crippen molar-refractivity contribution < 1.29 is 32.7 Å². The lowest BCUT2D eigenvalue weighted by Gasteiger charge is -2.31. The number of aliphatic carboxylic acids is 1. The SMILES string of the molecule is O=C(O)CCCCN1C(=O)[C@H](c2ccc(C(F)(F)F)cc2)N(CCc2ccc(Cl)cc2)C(=O)c2cc(I)ccc21. The third-order valence-corrected chi connectivity index (χ3v) is 7.61. The molecule has 0 fully saturated rings. The van der Waals surface area contributed by atoms with E-state index in [0.29, 0.717) is 35.5 Å². The second-order valence-electron chi connectivity index (χ2n) is 9.40. The molecule has 0 unspecified atom stereocenters. The molecule has 4 rings (SSSR count). The van der Waals surface area contributed by atoms with Crippen molar-refractivity contribution in [3.63, 3.8) is 0 Å². The van der Waals surface area contributed by atoms with Crippen LogP contribution in [-0.2, 0) is 22.2 Å². The van der Waals surface area contributed by atoms with Gasteiger partial charge in [-0.25, -0.2) is 0 Å². The number of fused-ring (bicyclic) bond motifs is 1. The minimum atomic E-state index is -4.56. The molecule has 0 radical (unpaired) electrons. The summed E-state index contributed by atoms with van der Waals surface area (Å²) in [5, 5.41) is 9.57. The van der Waals surface area contributed by atoms with Crippen LogP contribution in [0.3, 0.4) is 0 Å². The molecule has 1 N–H and O–H groups in total. The fraction of sp³-hybridized carbons (Fsp3) is 0.276. The van der Waals surface area contributed by atoms with Gasteiger partial charge in [-0.15, -0.1) is 0 Å². The molecule has 3 aromatic carbocycles. The quantitative estimate of drug-likeness (QED) is 0.195. The van der Waals surface area contributed by atoms with Gasteiger partial charge in [0, 0.05) is 28.1 Å². The molecule has 0 saturated carbocycles. The van der Waals surface area contributed by atoms with E-state index in [4.69, 9.17) is 16.7 Å².